The Morgan fingerprint density at radius 2 is 1.61 bits per heavy atom. The zero-order valence-corrected chi connectivity index (χ0v) is 17.0. The summed E-state index contributed by atoms with van der Waals surface area (Å²) in [6.07, 6.45) is 11.7. The van der Waals surface area contributed by atoms with Gasteiger partial charge in [-0.2, -0.15) is 0 Å². The summed E-state index contributed by atoms with van der Waals surface area (Å²) in [6.45, 7) is 14.6. The molecule has 1 amide bonds. The molecule has 0 bridgehead atoms. The molecule has 0 atom stereocenters. The summed E-state index contributed by atoms with van der Waals surface area (Å²) in [4.78, 5) is 14.4. The van der Waals surface area contributed by atoms with Gasteiger partial charge in [0.05, 0.1) is 39.3 Å². The van der Waals surface area contributed by atoms with Gasteiger partial charge in [0.2, 0.25) is 5.91 Å². The number of carbonyl (C=O) groups excluding carboxylic acids is 1. The van der Waals surface area contributed by atoms with Crippen LogP contribution in [0, 0.1) is 0 Å². The summed E-state index contributed by atoms with van der Waals surface area (Å²) in [5.41, 5.74) is 0. The molecule has 136 valence electrons. The molecule has 1 fully saturated rings. The molecule has 1 rings (SSSR count). The van der Waals surface area contributed by atoms with Crippen LogP contribution in [0.4, 0.5) is 0 Å². The number of quaternary nitrogens is 1. The van der Waals surface area contributed by atoms with E-state index in [-0.39, 0.29) is 17.0 Å². The van der Waals surface area contributed by atoms with Gasteiger partial charge in [-0.05, 0) is 19.4 Å². The SMILES string of the molecule is C=CC[N+]1(CC)CCN(C(=O)CCCCCCCCC)CC1.[Br-]. The lowest BCUT2D eigenvalue weighted by atomic mass is 10.1. The molecule has 0 N–H and O–H groups in total. The third kappa shape index (κ3) is 8.35. The molecular formula is C19H37BrN2O. The topological polar surface area (TPSA) is 20.3 Å². The average Bonchev–Trinajstić information content (AvgIpc) is 2.54. The third-order valence-corrected chi connectivity index (χ3v) is 5.22. The lowest BCUT2D eigenvalue weighted by Crippen LogP contribution is -3.00. The van der Waals surface area contributed by atoms with Crippen molar-refractivity contribution >= 4 is 5.91 Å². The van der Waals surface area contributed by atoms with E-state index < -0.39 is 0 Å². The van der Waals surface area contributed by atoms with Gasteiger partial charge < -0.3 is 26.4 Å². The number of hydrogen-bond donors (Lipinski definition) is 0. The molecule has 0 aliphatic carbocycles. The molecule has 4 heteroatoms. The minimum atomic E-state index is 0. The van der Waals surface area contributed by atoms with Crippen LogP contribution in [0.1, 0.15) is 65.2 Å². The molecule has 0 spiro atoms. The van der Waals surface area contributed by atoms with Crippen molar-refractivity contribution in [2.24, 2.45) is 0 Å². The van der Waals surface area contributed by atoms with Crippen LogP contribution in [0.25, 0.3) is 0 Å². The fraction of sp³-hybridized carbons (Fsp3) is 0.842. The van der Waals surface area contributed by atoms with Crippen molar-refractivity contribution in [1.29, 1.82) is 0 Å². The molecule has 1 aliphatic rings. The molecule has 23 heavy (non-hydrogen) atoms. The van der Waals surface area contributed by atoms with E-state index in [2.05, 4.69) is 25.3 Å². The first-order valence-electron chi connectivity index (χ1n) is 9.41. The van der Waals surface area contributed by atoms with Crippen molar-refractivity contribution in [3.63, 3.8) is 0 Å². The van der Waals surface area contributed by atoms with E-state index in [1.54, 1.807) is 0 Å². The Bertz CT molecular complexity index is 325. The van der Waals surface area contributed by atoms with Crippen molar-refractivity contribution < 1.29 is 26.3 Å². The molecule has 3 nitrogen and oxygen atoms in total. The van der Waals surface area contributed by atoms with E-state index in [1.807, 2.05) is 6.08 Å². The largest absolute Gasteiger partial charge is 1.00 e. The van der Waals surface area contributed by atoms with Crippen LogP contribution in [0.15, 0.2) is 12.7 Å². The highest BCUT2D eigenvalue weighted by molar-refractivity contribution is 5.76. The summed E-state index contributed by atoms with van der Waals surface area (Å²) >= 11 is 0. The molecule has 0 aromatic heterocycles. The van der Waals surface area contributed by atoms with Crippen molar-refractivity contribution in [2.75, 3.05) is 39.3 Å². The molecule has 0 aromatic rings. The van der Waals surface area contributed by atoms with Crippen molar-refractivity contribution in [1.82, 2.24) is 4.90 Å². The van der Waals surface area contributed by atoms with Crippen LogP contribution in [-0.4, -0.2) is 54.6 Å². The summed E-state index contributed by atoms with van der Waals surface area (Å²) < 4.78 is 1.10. The van der Waals surface area contributed by atoms with E-state index in [0.29, 0.717) is 5.91 Å². The van der Waals surface area contributed by atoms with Gasteiger partial charge in [0.1, 0.15) is 0 Å². The maximum Gasteiger partial charge on any atom is 0.222 e. The fourth-order valence-electron chi connectivity index (χ4n) is 3.43. The van der Waals surface area contributed by atoms with Gasteiger partial charge in [0.25, 0.3) is 0 Å². The second kappa shape index (κ2) is 13.0. The smallest absolute Gasteiger partial charge is 0.222 e. The summed E-state index contributed by atoms with van der Waals surface area (Å²) in [5.74, 6) is 0.376. The number of unbranched alkanes of at least 4 members (excludes halogenated alkanes) is 6. The Labute approximate surface area is 154 Å². The van der Waals surface area contributed by atoms with Crippen molar-refractivity contribution in [3.05, 3.63) is 12.7 Å². The number of hydrogen-bond acceptors (Lipinski definition) is 1. The summed E-state index contributed by atoms with van der Waals surface area (Å²) in [5, 5.41) is 0. The van der Waals surface area contributed by atoms with Crippen LogP contribution < -0.4 is 17.0 Å². The van der Waals surface area contributed by atoms with E-state index in [9.17, 15) is 4.79 Å². The molecular weight excluding hydrogens is 352 g/mol. The van der Waals surface area contributed by atoms with Crippen LogP contribution >= 0.6 is 0 Å². The van der Waals surface area contributed by atoms with Crippen molar-refractivity contribution in [2.45, 2.75) is 65.2 Å². The van der Waals surface area contributed by atoms with Gasteiger partial charge in [0, 0.05) is 6.42 Å². The predicted molar refractivity (Wildman–Crippen MR) is 94.8 cm³/mol. The first-order valence-corrected chi connectivity index (χ1v) is 9.41. The van der Waals surface area contributed by atoms with Gasteiger partial charge in [-0.3, -0.25) is 4.79 Å². The molecule has 1 heterocycles. The molecule has 0 radical (unpaired) electrons. The highest BCUT2D eigenvalue weighted by atomic mass is 79.9. The average molecular weight is 389 g/mol. The Hall–Kier alpha value is -0.350. The molecule has 0 saturated carbocycles. The predicted octanol–water partition coefficient (Wildman–Crippen LogP) is 0.996. The van der Waals surface area contributed by atoms with Gasteiger partial charge in [0.15, 0.2) is 0 Å². The lowest BCUT2D eigenvalue weighted by Gasteiger charge is -2.43. The number of carbonyl (C=O) groups is 1. The van der Waals surface area contributed by atoms with Gasteiger partial charge in [-0.1, -0.05) is 52.0 Å². The Kier molecular flexibility index (Phi) is 12.8. The number of amides is 1. The second-order valence-electron chi connectivity index (χ2n) is 6.83. The number of piperazine rings is 1. The Balaban J connectivity index is 0.00000484. The molecule has 1 aliphatic heterocycles. The van der Waals surface area contributed by atoms with E-state index in [4.69, 9.17) is 0 Å². The zero-order valence-electron chi connectivity index (χ0n) is 15.4. The summed E-state index contributed by atoms with van der Waals surface area (Å²) in [6, 6.07) is 0. The first-order chi connectivity index (χ1) is 10.7. The van der Waals surface area contributed by atoms with Crippen LogP contribution in [0.2, 0.25) is 0 Å². The monoisotopic (exact) mass is 388 g/mol. The molecule has 0 unspecified atom stereocenters. The minimum Gasteiger partial charge on any atom is -1.00 e. The fourth-order valence-corrected chi connectivity index (χ4v) is 3.43. The van der Waals surface area contributed by atoms with Crippen molar-refractivity contribution in [3.8, 4) is 0 Å². The van der Waals surface area contributed by atoms with Crippen LogP contribution in [0.5, 0.6) is 0 Å². The highest BCUT2D eigenvalue weighted by Gasteiger charge is 2.31. The summed E-state index contributed by atoms with van der Waals surface area (Å²) in [7, 11) is 0. The van der Waals surface area contributed by atoms with E-state index >= 15 is 0 Å². The zero-order chi connectivity index (χ0) is 16.3. The third-order valence-electron chi connectivity index (χ3n) is 5.22. The second-order valence-corrected chi connectivity index (χ2v) is 6.83. The number of rotatable bonds is 11. The molecule has 0 aromatic carbocycles. The maximum atomic E-state index is 12.3. The minimum absolute atomic E-state index is 0. The first kappa shape index (κ1) is 22.6. The van der Waals surface area contributed by atoms with E-state index in [0.717, 1.165) is 56.6 Å². The maximum absolute atomic E-state index is 12.3. The number of nitrogens with zero attached hydrogens (tertiary/aromatic N) is 2. The standard InChI is InChI=1S/C19H37N2O.BrH/c1-4-7-8-9-10-11-12-13-19(22)20-14-17-21(6-3,16-5-2)18-15-20;/h5H,2,4,6-18H2,1,3H3;1H/q+1;/p-1. The lowest BCUT2D eigenvalue weighted by molar-refractivity contribution is -0.924. The van der Waals surface area contributed by atoms with Gasteiger partial charge >= 0.3 is 0 Å². The Morgan fingerprint density at radius 1 is 1.04 bits per heavy atom. The quantitative estimate of drug-likeness (QED) is 0.293. The van der Waals surface area contributed by atoms with Gasteiger partial charge in [-0.15, -0.1) is 0 Å². The highest BCUT2D eigenvalue weighted by Crippen LogP contribution is 2.15. The van der Waals surface area contributed by atoms with E-state index in [1.165, 1.54) is 38.5 Å². The number of halogens is 1. The normalized spacial score (nSPS) is 16.7. The molecule has 1 saturated heterocycles. The van der Waals surface area contributed by atoms with Gasteiger partial charge in [-0.25, -0.2) is 0 Å². The van der Waals surface area contributed by atoms with Crippen LogP contribution in [-0.2, 0) is 4.79 Å². The Morgan fingerprint density at radius 3 is 2.13 bits per heavy atom. The number of likely N-dealkylation sites (N-methyl/N-ethyl adjacent to an activating group) is 1. The van der Waals surface area contributed by atoms with Crippen LogP contribution in [0.3, 0.4) is 0 Å².